The van der Waals surface area contributed by atoms with Crippen LogP contribution in [0.4, 0.5) is 0 Å². The highest BCUT2D eigenvalue weighted by Crippen LogP contribution is 2.29. The molecule has 4 rings (SSSR count). The van der Waals surface area contributed by atoms with Gasteiger partial charge in [-0.3, -0.25) is 0 Å². The quantitative estimate of drug-likeness (QED) is 0.299. The largest absolute Gasteiger partial charge is 0.546 e. The van der Waals surface area contributed by atoms with Crippen molar-refractivity contribution in [2.24, 2.45) is 0 Å². The van der Waals surface area contributed by atoms with E-state index < -0.39 is 23.1 Å². The minimum Gasteiger partial charge on any atom is -0.546 e. The van der Waals surface area contributed by atoms with Crippen molar-refractivity contribution < 1.29 is 35.5 Å². The van der Waals surface area contributed by atoms with Crippen LogP contribution in [0.25, 0.3) is 0 Å². The van der Waals surface area contributed by atoms with Gasteiger partial charge in [0.2, 0.25) is 0 Å². The lowest BCUT2D eigenvalue weighted by Gasteiger charge is -2.30. The summed E-state index contributed by atoms with van der Waals surface area (Å²) >= 11 is 0. The summed E-state index contributed by atoms with van der Waals surface area (Å²) in [5, 5.41) is 43.3. The average molecular weight is 509 g/mol. The molecule has 0 aliphatic rings. The van der Waals surface area contributed by atoms with Gasteiger partial charge in [-0.1, -0.05) is 121 Å². The molecule has 12 N–H and O–H groups in total. The Morgan fingerprint density at radius 2 is 0.622 bits per heavy atom. The molecule has 0 spiro atoms. The number of aliphatic hydroxyl groups is 2. The van der Waals surface area contributed by atoms with Gasteiger partial charge >= 0.3 is 0 Å². The van der Waals surface area contributed by atoms with Crippen LogP contribution < -0.4 is 22.5 Å². The standard InChI is InChI=1S/2C14H12O3.2H3N.H2O/c2*15-13(16)14(17,11-7-3-1-4-8-11)12-9-5-2-6-10-12;;;/h2*1-10,17H,(H,15,16);2*1H3;1H2. The Kier molecular flexibility index (Phi) is 12.6. The smallest absolute Gasteiger partial charge is 0.154 e. The minimum atomic E-state index is -2.11. The molecular weight excluding hydrogens is 476 g/mol. The molecule has 0 bridgehead atoms. The lowest BCUT2D eigenvalue weighted by molar-refractivity contribution is -0.323. The van der Waals surface area contributed by atoms with Gasteiger partial charge in [0.05, 0.1) is 11.9 Å². The van der Waals surface area contributed by atoms with Crippen LogP contribution in [0.15, 0.2) is 121 Å². The summed E-state index contributed by atoms with van der Waals surface area (Å²) in [5.74, 6) is -3.06. The van der Waals surface area contributed by atoms with Crippen molar-refractivity contribution in [1.82, 2.24) is 12.3 Å². The van der Waals surface area contributed by atoms with Crippen molar-refractivity contribution in [2.45, 2.75) is 11.2 Å². The van der Waals surface area contributed by atoms with E-state index in [0.717, 1.165) is 0 Å². The van der Waals surface area contributed by atoms with Crippen molar-refractivity contribution in [3.8, 4) is 0 Å². The predicted octanol–water partition coefficient (Wildman–Crippen LogP) is 1.27. The van der Waals surface area contributed by atoms with Gasteiger partial charge in [0, 0.05) is 0 Å². The van der Waals surface area contributed by atoms with E-state index in [1.54, 1.807) is 121 Å². The van der Waals surface area contributed by atoms with Crippen LogP contribution in [0.1, 0.15) is 22.3 Å². The number of carbonyl (C=O) groups excluding carboxylic acids is 2. The van der Waals surface area contributed by atoms with Gasteiger partial charge in [-0.2, -0.15) is 0 Å². The molecule has 0 fully saturated rings. The molecule has 4 aromatic rings. The number of carbonyl (C=O) groups is 2. The fourth-order valence-electron chi connectivity index (χ4n) is 3.52. The molecule has 9 nitrogen and oxygen atoms in total. The Balaban J connectivity index is 0.000000648. The van der Waals surface area contributed by atoms with E-state index in [4.69, 9.17) is 0 Å². The zero-order chi connectivity index (χ0) is 24.6. The minimum absolute atomic E-state index is 0. The third kappa shape index (κ3) is 6.85. The van der Waals surface area contributed by atoms with Gasteiger partial charge in [-0.25, -0.2) is 0 Å². The first-order chi connectivity index (χ1) is 16.3. The molecule has 0 aromatic heterocycles. The van der Waals surface area contributed by atoms with E-state index in [0.29, 0.717) is 0 Å². The van der Waals surface area contributed by atoms with Crippen molar-refractivity contribution in [3.63, 3.8) is 0 Å². The molecular formula is C28H32N2O7. The number of hydrogen-bond donors (Lipinski definition) is 4. The number of aliphatic carboxylic acids is 2. The highest BCUT2D eigenvalue weighted by atomic mass is 16.4. The third-order valence-electron chi connectivity index (χ3n) is 5.36. The van der Waals surface area contributed by atoms with Gasteiger partial charge in [-0.15, -0.1) is 0 Å². The van der Waals surface area contributed by atoms with Gasteiger partial charge < -0.3 is 47.8 Å². The summed E-state index contributed by atoms with van der Waals surface area (Å²) in [7, 11) is 0. The summed E-state index contributed by atoms with van der Waals surface area (Å²) in [6.45, 7) is 0. The average Bonchev–Trinajstić information content (AvgIpc) is 2.90. The second kappa shape index (κ2) is 14.2. The molecule has 9 heteroatoms. The Labute approximate surface area is 214 Å². The molecule has 0 aliphatic carbocycles. The zero-order valence-electron chi connectivity index (χ0n) is 20.6. The van der Waals surface area contributed by atoms with Gasteiger partial charge in [0.1, 0.15) is 0 Å². The van der Waals surface area contributed by atoms with Crippen LogP contribution in [-0.2, 0) is 20.8 Å². The van der Waals surface area contributed by atoms with Crippen LogP contribution in [0, 0.1) is 0 Å². The van der Waals surface area contributed by atoms with Crippen LogP contribution in [-0.4, -0.2) is 27.6 Å². The Bertz CT molecular complexity index is 1040. The van der Waals surface area contributed by atoms with Crippen LogP contribution >= 0.6 is 0 Å². The van der Waals surface area contributed by atoms with E-state index >= 15 is 0 Å². The number of benzene rings is 4. The van der Waals surface area contributed by atoms with Gasteiger partial charge in [0.25, 0.3) is 0 Å². The molecule has 0 saturated heterocycles. The molecule has 0 saturated carbocycles. The molecule has 0 unspecified atom stereocenters. The zero-order valence-corrected chi connectivity index (χ0v) is 20.6. The topological polar surface area (TPSA) is 225 Å². The lowest BCUT2D eigenvalue weighted by atomic mass is 9.86. The number of quaternary nitrogens is 2. The van der Waals surface area contributed by atoms with Crippen molar-refractivity contribution in [3.05, 3.63) is 144 Å². The monoisotopic (exact) mass is 508 g/mol. The first kappa shape index (κ1) is 32.6. The van der Waals surface area contributed by atoms with Crippen LogP contribution in [0.2, 0.25) is 0 Å². The van der Waals surface area contributed by atoms with Crippen molar-refractivity contribution in [2.75, 3.05) is 0 Å². The van der Waals surface area contributed by atoms with Gasteiger partial charge in [-0.05, 0) is 22.3 Å². The predicted molar refractivity (Wildman–Crippen MR) is 137 cm³/mol. The third-order valence-corrected chi connectivity index (χ3v) is 5.36. The lowest BCUT2D eigenvalue weighted by Crippen LogP contribution is -2.46. The molecule has 0 atom stereocenters. The fraction of sp³-hybridized carbons (Fsp3) is 0.0714. The summed E-state index contributed by atoms with van der Waals surface area (Å²) < 4.78 is 0. The molecule has 0 radical (unpaired) electrons. The molecule has 37 heavy (non-hydrogen) atoms. The molecule has 0 aliphatic heterocycles. The maximum Gasteiger partial charge on any atom is 0.154 e. The number of carboxylic acids is 2. The molecule has 4 aromatic carbocycles. The second-order valence-corrected chi connectivity index (χ2v) is 7.46. The Morgan fingerprint density at radius 1 is 0.459 bits per heavy atom. The van der Waals surface area contributed by atoms with E-state index in [9.17, 15) is 30.0 Å². The number of carboxylic acid groups (broad SMARTS) is 2. The molecule has 196 valence electrons. The van der Waals surface area contributed by atoms with E-state index in [2.05, 4.69) is 0 Å². The first-order valence-electron chi connectivity index (χ1n) is 10.4. The number of hydrogen-bond acceptors (Lipinski definition) is 6. The second-order valence-electron chi connectivity index (χ2n) is 7.46. The van der Waals surface area contributed by atoms with Crippen molar-refractivity contribution in [1.29, 1.82) is 0 Å². The molecule has 0 heterocycles. The van der Waals surface area contributed by atoms with Gasteiger partial charge in [0.15, 0.2) is 11.2 Å². The van der Waals surface area contributed by atoms with E-state index in [1.165, 1.54) is 0 Å². The normalized spacial score (nSPS) is 10.2. The first-order valence-corrected chi connectivity index (χ1v) is 10.4. The summed E-state index contributed by atoms with van der Waals surface area (Å²) in [6.07, 6.45) is 0. The summed E-state index contributed by atoms with van der Waals surface area (Å²) in [5.41, 5.74) is -3.08. The van der Waals surface area contributed by atoms with Crippen LogP contribution in [0.5, 0.6) is 0 Å². The summed E-state index contributed by atoms with van der Waals surface area (Å²) in [4.78, 5) is 22.5. The number of rotatable bonds is 6. The Hall–Kier alpha value is -4.38. The highest BCUT2D eigenvalue weighted by molar-refractivity contribution is 5.82. The Morgan fingerprint density at radius 3 is 0.757 bits per heavy atom. The molecule has 0 amide bonds. The SMILES string of the molecule is O.O=C([O-])C(O)(c1ccccc1)c1ccccc1.O=C([O-])C(O)(c1ccccc1)c1ccccc1.[NH4+].[NH4+]. The van der Waals surface area contributed by atoms with E-state index in [1.807, 2.05) is 0 Å². The van der Waals surface area contributed by atoms with Crippen molar-refractivity contribution >= 4 is 11.9 Å². The maximum absolute atomic E-state index is 11.3. The maximum atomic E-state index is 11.3. The summed E-state index contributed by atoms with van der Waals surface area (Å²) in [6, 6.07) is 32.9. The fourth-order valence-corrected chi connectivity index (χ4v) is 3.52. The van der Waals surface area contributed by atoms with Crippen LogP contribution in [0.3, 0.4) is 0 Å². The highest BCUT2D eigenvalue weighted by Gasteiger charge is 2.33. The van der Waals surface area contributed by atoms with E-state index in [-0.39, 0.29) is 40.0 Å².